The van der Waals surface area contributed by atoms with E-state index in [1.165, 1.54) is 12.5 Å². The molecule has 198 valence electrons. The molecular weight excluding hydrogens is 508 g/mol. The number of carbonyl (C=O) groups is 2. The molecule has 1 aliphatic rings. The summed E-state index contributed by atoms with van der Waals surface area (Å²) in [5.41, 5.74) is 6.83. The normalized spacial score (nSPS) is 14.4. The van der Waals surface area contributed by atoms with Gasteiger partial charge in [0, 0.05) is 29.7 Å². The number of fused-ring (bicyclic) bond motifs is 1. The lowest BCUT2D eigenvalue weighted by molar-refractivity contribution is -0.114. The summed E-state index contributed by atoms with van der Waals surface area (Å²) in [6, 6.07) is 23.0. The van der Waals surface area contributed by atoms with Crippen molar-refractivity contribution in [3.63, 3.8) is 0 Å². The lowest BCUT2D eigenvalue weighted by Crippen LogP contribution is -2.31. The Hall–Kier alpha value is -4.37. The van der Waals surface area contributed by atoms with Gasteiger partial charge < -0.3 is 16.0 Å². The van der Waals surface area contributed by atoms with E-state index in [0.29, 0.717) is 28.1 Å². The maximum absolute atomic E-state index is 13.8. The van der Waals surface area contributed by atoms with E-state index < -0.39 is 6.04 Å². The average Bonchev–Trinajstić information content (AvgIpc) is 3.31. The van der Waals surface area contributed by atoms with Crippen molar-refractivity contribution >= 4 is 40.9 Å². The van der Waals surface area contributed by atoms with Gasteiger partial charge in [-0.1, -0.05) is 71.9 Å². The Balaban J connectivity index is 1.50. The summed E-state index contributed by atoms with van der Waals surface area (Å²) in [7, 11) is 0. The van der Waals surface area contributed by atoms with Gasteiger partial charge in [-0.05, 0) is 55.7 Å². The van der Waals surface area contributed by atoms with E-state index in [0.717, 1.165) is 28.1 Å². The Labute approximate surface area is 231 Å². The third-order valence-corrected chi connectivity index (χ3v) is 7.37. The topological polar surface area (TPSA) is 101 Å². The first-order chi connectivity index (χ1) is 18.8. The summed E-state index contributed by atoms with van der Waals surface area (Å²) in [6.07, 6.45) is 0. The Kier molecular flexibility index (Phi) is 7.51. The van der Waals surface area contributed by atoms with Crippen molar-refractivity contribution in [1.82, 2.24) is 14.8 Å². The van der Waals surface area contributed by atoms with Gasteiger partial charge in [0.2, 0.25) is 17.0 Å². The number of nitrogens with one attached hydrogen (secondary N) is 3. The standard InChI is InChI=1S/C30H30N6O2S/c1-18-10-15-25(19(2)16-18)33-28(38)26-20(3)31-29-34-30(39-17-22-8-6-5-7-9-22)35-36(29)27(26)23-11-13-24(14-12-23)32-21(4)37/h5-16,27H,17H2,1-4H3,(H,32,37)(H,33,38)(H,31,34,35)/t27-/m0/s1. The van der Waals surface area contributed by atoms with Gasteiger partial charge in [-0.15, -0.1) is 5.10 Å². The molecule has 0 aliphatic carbocycles. The van der Waals surface area contributed by atoms with Gasteiger partial charge in [0.15, 0.2) is 0 Å². The van der Waals surface area contributed by atoms with Gasteiger partial charge in [0.05, 0.1) is 5.57 Å². The Morgan fingerprint density at radius 2 is 1.72 bits per heavy atom. The summed E-state index contributed by atoms with van der Waals surface area (Å²) in [5, 5.41) is 14.6. The number of aryl methyl sites for hydroxylation is 2. The van der Waals surface area contributed by atoms with E-state index in [4.69, 9.17) is 10.1 Å². The number of aromatic nitrogens is 3. The highest BCUT2D eigenvalue weighted by molar-refractivity contribution is 7.98. The van der Waals surface area contributed by atoms with Crippen LogP contribution in [0.4, 0.5) is 17.3 Å². The second-order valence-electron chi connectivity index (χ2n) is 9.58. The van der Waals surface area contributed by atoms with Crippen LogP contribution in [0.5, 0.6) is 0 Å². The first kappa shape index (κ1) is 26.2. The van der Waals surface area contributed by atoms with Gasteiger partial charge in [-0.25, -0.2) is 4.68 Å². The van der Waals surface area contributed by atoms with E-state index in [-0.39, 0.29) is 11.8 Å². The fraction of sp³-hybridized carbons (Fsp3) is 0.200. The van der Waals surface area contributed by atoms with Crippen LogP contribution in [0.15, 0.2) is 89.2 Å². The summed E-state index contributed by atoms with van der Waals surface area (Å²) in [5.74, 6) is 0.935. The molecular formula is C30H30N6O2S. The van der Waals surface area contributed by atoms with Crippen molar-refractivity contribution in [3.8, 4) is 0 Å². The van der Waals surface area contributed by atoms with Crippen LogP contribution in [-0.2, 0) is 15.3 Å². The van der Waals surface area contributed by atoms with Gasteiger partial charge in [0.25, 0.3) is 5.91 Å². The Morgan fingerprint density at radius 3 is 2.41 bits per heavy atom. The van der Waals surface area contributed by atoms with Gasteiger partial charge in [-0.2, -0.15) is 4.98 Å². The minimum absolute atomic E-state index is 0.146. The highest BCUT2D eigenvalue weighted by atomic mass is 32.2. The third-order valence-electron chi connectivity index (χ3n) is 6.47. The molecule has 9 heteroatoms. The van der Waals surface area contributed by atoms with E-state index >= 15 is 0 Å². The predicted molar refractivity (Wildman–Crippen MR) is 156 cm³/mol. The monoisotopic (exact) mass is 538 g/mol. The summed E-state index contributed by atoms with van der Waals surface area (Å²) in [6.45, 7) is 7.35. The van der Waals surface area contributed by atoms with E-state index in [9.17, 15) is 9.59 Å². The predicted octanol–water partition coefficient (Wildman–Crippen LogP) is 6.07. The maximum atomic E-state index is 13.8. The minimum Gasteiger partial charge on any atom is -0.328 e. The number of nitrogens with zero attached hydrogens (tertiary/aromatic N) is 3. The number of allylic oxidation sites excluding steroid dienone is 1. The first-order valence-electron chi connectivity index (χ1n) is 12.7. The zero-order valence-electron chi connectivity index (χ0n) is 22.3. The second kappa shape index (κ2) is 11.2. The van der Waals surface area contributed by atoms with Crippen LogP contribution in [0.2, 0.25) is 0 Å². The lowest BCUT2D eigenvalue weighted by Gasteiger charge is -2.29. The second-order valence-corrected chi connectivity index (χ2v) is 10.5. The minimum atomic E-state index is -0.517. The number of hydrogen-bond donors (Lipinski definition) is 3. The quantitative estimate of drug-likeness (QED) is 0.247. The smallest absolute Gasteiger partial charge is 0.255 e. The van der Waals surface area contributed by atoms with Gasteiger partial charge >= 0.3 is 0 Å². The molecule has 0 saturated carbocycles. The number of anilines is 3. The van der Waals surface area contributed by atoms with Crippen LogP contribution in [0.1, 0.15) is 42.1 Å². The molecule has 39 heavy (non-hydrogen) atoms. The molecule has 0 fully saturated rings. The largest absolute Gasteiger partial charge is 0.328 e. The maximum Gasteiger partial charge on any atom is 0.255 e. The van der Waals surface area contributed by atoms with Gasteiger partial charge in [0.1, 0.15) is 6.04 Å². The summed E-state index contributed by atoms with van der Waals surface area (Å²) in [4.78, 5) is 30.1. The number of hydrogen-bond acceptors (Lipinski definition) is 6. The van der Waals surface area contributed by atoms with Crippen molar-refractivity contribution in [2.24, 2.45) is 0 Å². The fourth-order valence-corrected chi connectivity index (χ4v) is 5.40. The summed E-state index contributed by atoms with van der Waals surface area (Å²) < 4.78 is 1.77. The number of thioether (sulfide) groups is 1. The molecule has 0 saturated heterocycles. The van der Waals surface area contributed by atoms with Crippen LogP contribution >= 0.6 is 11.8 Å². The molecule has 4 aromatic rings. The molecule has 0 unspecified atom stereocenters. The van der Waals surface area contributed by atoms with E-state index in [2.05, 4.69) is 28.1 Å². The van der Waals surface area contributed by atoms with Crippen molar-refractivity contribution in [1.29, 1.82) is 0 Å². The zero-order valence-corrected chi connectivity index (χ0v) is 23.1. The molecule has 0 spiro atoms. The number of carbonyl (C=O) groups excluding carboxylic acids is 2. The molecule has 0 bridgehead atoms. The van der Waals surface area contributed by atoms with Crippen LogP contribution in [0.25, 0.3) is 0 Å². The van der Waals surface area contributed by atoms with Crippen molar-refractivity contribution < 1.29 is 9.59 Å². The Bertz CT molecular complexity index is 1560. The van der Waals surface area contributed by atoms with Crippen LogP contribution in [-0.4, -0.2) is 26.6 Å². The molecule has 3 N–H and O–H groups in total. The van der Waals surface area contributed by atoms with Crippen LogP contribution in [0, 0.1) is 13.8 Å². The first-order valence-corrected chi connectivity index (χ1v) is 13.6. The van der Waals surface area contributed by atoms with E-state index in [1.54, 1.807) is 16.4 Å². The zero-order chi connectivity index (χ0) is 27.5. The highest BCUT2D eigenvalue weighted by Crippen LogP contribution is 2.37. The molecule has 1 aromatic heterocycles. The average molecular weight is 539 g/mol. The Morgan fingerprint density at radius 1 is 0.974 bits per heavy atom. The molecule has 2 heterocycles. The molecule has 0 radical (unpaired) electrons. The number of amides is 2. The third kappa shape index (κ3) is 5.88. The van der Waals surface area contributed by atoms with Crippen molar-refractivity contribution in [2.75, 3.05) is 16.0 Å². The molecule has 1 aliphatic heterocycles. The molecule has 2 amide bonds. The van der Waals surface area contributed by atoms with Crippen molar-refractivity contribution in [2.45, 2.75) is 44.6 Å². The van der Waals surface area contributed by atoms with E-state index in [1.807, 2.05) is 81.4 Å². The van der Waals surface area contributed by atoms with Crippen molar-refractivity contribution in [3.05, 3.63) is 106 Å². The van der Waals surface area contributed by atoms with Crippen LogP contribution < -0.4 is 16.0 Å². The lowest BCUT2D eigenvalue weighted by atomic mass is 9.94. The molecule has 8 nitrogen and oxygen atoms in total. The molecule has 1 atom stereocenters. The number of benzene rings is 3. The highest BCUT2D eigenvalue weighted by Gasteiger charge is 2.34. The SMILES string of the molecule is CC(=O)Nc1ccc([C@H]2C(C(=O)Nc3ccc(C)cc3C)=C(C)Nc3nc(SCc4ccccc4)nn32)cc1. The molecule has 3 aromatic carbocycles. The molecule has 5 rings (SSSR count). The summed E-state index contributed by atoms with van der Waals surface area (Å²) >= 11 is 1.54. The van der Waals surface area contributed by atoms with Crippen LogP contribution in [0.3, 0.4) is 0 Å². The van der Waals surface area contributed by atoms with Gasteiger partial charge in [-0.3, -0.25) is 9.59 Å². The number of rotatable bonds is 7. The fourth-order valence-electron chi connectivity index (χ4n) is 4.61.